The van der Waals surface area contributed by atoms with Gasteiger partial charge in [-0.05, 0) is 30.7 Å². The summed E-state index contributed by atoms with van der Waals surface area (Å²) in [6, 6.07) is 5.61. The summed E-state index contributed by atoms with van der Waals surface area (Å²) in [7, 11) is 0. The van der Waals surface area contributed by atoms with Gasteiger partial charge in [-0.1, -0.05) is 0 Å². The lowest BCUT2D eigenvalue weighted by molar-refractivity contribution is -0.0169. The molecule has 0 aliphatic carbocycles. The van der Waals surface area contributed by atoms with E-state index in [0.29, 0.717) is 11.1 Å². The number of nitrogens with zero attached hydrogens (tertiary/aromatic N) is 4. The fourth-order valence-corrected chi connectivity index (χ4v) is 3.03. The standard InChI is InChI=1S/C19H16F3N5O2/c1-10-4-11(6-23)7-25-16(10)14(28)5-12-2-3-13(20)17(26-12)19(18(21)22)9-29-8-15(24)27-19/h2-4,7,18H,5,8-9H2,1H3,(H2,24,27)/t19-/m1/s1. The second kappa shape index (κ2) is 7.97. The van der Waals surface area contributed by atoms with Crippen molar-refractivity contribution in [3.63, 3.8) is 0 Å². The number of rotatable bonds is 5. The van der Waals surface area contributed by atoms with Gasteiger partial charge >= 0.3 is 0 Å². The first-order valence-corrected chi connectivity index (χ1v) is 8.53. The fourth-order valence-electron chi connectivity index (χ4n) is 3.03. The molecule has 1 atom stereocenters. The Bertz CT molecular complexity index is 1030. The second-order valence-electron chi connectivity index (χ2n) is 6.56. The van der Waals surface area contributed by atoms with Gasteiger partial charge in [-0.25, -0.2) is 18.2 Å². The van der Waals surface area contributed by atoms with Crippen molar-refractivity contribution in [1.82, 2.24) is 9.97 Å². The molecular weight excluding hydrogens is 387 g/mol. The molecule has 10 heteroatoms. The lowest BCUT2D eigenvalue weighted by atomic mass is 9.94. The largest absolute Gasteiger partial charge is 0.385 e. The highest BCUT2D eigenvalue weighted by Crippen LogP contribution is 2.35. The first-order valence-electron chi connectivity index (χ1n) is 8.53. The SMILES string of the molecule is Cc1cc(C#N)cnc1C(=O)Cc1ccc(F)c([C@@]2(C(F)F)COCC(N)=N2)n1. The maximum atomic E-state index is 14.4. The van der Waals surface area contributed by atoms with Crippen molar-refractivity contribution in [3.05, 3.63) is 58.4 Å². The van der Waals surface area contributed by atoms with Crippen LogP contribution in [-0.4, -0.2) is 41.2 Å². The van der Waals surface area contributed by atoms with Crippen molar-refractivity contribution >= 4 is 11.6 Å². The van der Waals surface area contributed by atoms with Crippen molar-refractivity contribution in [3.8, 4) is 6.07 Å². The number of hydrogen-bond donors (Lipinski definition) is 1. The maximum absolute atomic E-state index is 14.4. The summed E-state index contributed by atoms with van der Waals surface area (Å²) in [6.45, 7) is 0.883. The Morgan fingerprint density at radius 1 is 1.45 bits per heavy atom. The molecule has 0 aromatic carbocycles. The summed E-state index contributed by atoms with van der Waals surface area (Å²) in [5, 5.41) is 8.88. The van der Waals surface area contributed by atoms with Crippen LogP contribution in [0.3, 0.4) is 0 Å². The maximum Gasteiger partial charge on any atom is 0.271 e. The molecule has 0 saturated carbocycles. The Balaban J connectivity index is 1.96. The third-order valence-corrected chi connectivity index (χ3v) is 4.40. The van der Waals surface area contributed by atoms with E-state index in [1.807, 2.05) is 6.07 Å². The minimum absolute atomic E-state index is 0.0660. The number of carbonyl (C=O) groups is 1. The topological polar surface area (TPSA) is 114 Å². The van der Waals surface area contributed by atoms with Crippen LogP contribution in [0, 0.1) is 24.1 Å². The third-order valence-electron chi connectivity index (χ3n) is 4.40. The molecule has 2 aromatic rings. The zero-order valence-electron chi connectivity index (χ0n) is 15.3. The summed E-state index contributed by atoms with van der Waals surface area (Å²) < 4.78 is 47.1. The first kappa shape index (κ1) is 20.4. The number of aliphatic imine (C=N–C) groups is 1. The molecule has 0 radical (unpaired) electrons. The lowest BCUT2D eigenvalue weighted by Gasteiger charge is -2.32. The van der Waals surface area contributed by atoms with Gasteiger partial charge in [0.2, 0.25) is 0 Å². The van der Waals surface area contributed by atoms with Gasteiger partial charge in [0.1, 0.15) is 35.7 Å². The van der Waals surface area contributed by atoms with Gasteiger partial charge in [0.15, 0.2) is 11.3 Å². The minimum Gasteiger partial charge on any atom is -0.385 e. The number of aromatic nitrogens is 2. The van der Waals surface area contributed by atoms with E-state index in [4.69, 9.17) is 15.7 Å². The van der Waals surface area contributed by atoms with E-state index in [1.165, 1.54) is 18.3 Å². The van der Waals surface area contributed by atoms with Crippen LogP contribution in [0.1, 0.15) is 33.0 Å². The van der Waals surface area contributed by atoms with Gasteiger partial charge in [0, 0.05) is 11.9 Å². The summed E-state index contributed by atoms with van der Waals surface area (Å²) >= 11 is 0. The van der Waals surface area contributed by atoms with E-state index < -0.39 is 35.9 Å². The molecule has 0 unspecified atom stereocenters. The monoisotopic (exact) mass is 403 g/mol. The molecule has 1 aliphatic heterocycles. The Morgan fingerprint density at radius 3 is 2.83 bits per heavy atom. The summed E-state index contributed by atoms with van der Waals surface area (Å²) in [5.74, 6) is -1.65. The number of carbonyl (C=O) groups excluding carboxylic acids is 1. The summed E-state index contributed by atoms with van der Waals surface area (Å²) in [4.78, 5) is 24.2. The van der Waals surface area contributed by atoms with Gasteiger partial charge in [-0.3, -0.25) is 14.8 Å². The molecule has 29 heavy (non-hydrogen) atoms. The van der Waals surface area contributed by atoms with Crippen molar-refractivity contribution in [2.75, 3.05) is 13.2 Å². The molecular formula is C19H16F3N5O2. The molecule has 7 nitrogen and oxygen atoms in total. The molecule has 1 aliphatic rings. The number of aryl methyl sites for hydroxylation is 1. The van der Waals surface area contributed by atoms with E-state index in [1.54, 1.807) is 6.92 Å². The van der Waals surface area contributed by atoms with Crippen LogP contribution in [0.15, 0.2) is 29.4 Å². The average Bonchev–Trinajstić information content (AvgIpc) is 2.68. The number of alkyl halides is 2. The molecule has 0 fully saturated rings. The molecule has 2 aromatic heterocycles. The Morgan fingerprint density at radius 2 is 2.21 bits per heavy atom. The molecule has 3 rings (SSSR count). The minimum atomic E-state index is -3.13. The Hall–Kier alpha value is -3.32. The zero-order chi connectivity index (χ0) is 21.2. The first-order chi connectivity index (χ1) is 13.8. The fraction of sp³-hybridized carbons (Fsp3) is 0.316. The van der Waals surface area contributed by atoms with Crippen LogP contribution in [0.4, 0.5) is 13.2 Å². The number of hydrogen-bond acceptors (Lipinski definition) is 7. The summed E-state index contributed by atoms with van der Waals surface area (Å²) in [6.07, 6.45) is -2.17. The third kappa shape index (κ3) is 3.95. The highest BCUT2D eigenvalue weighted by atomic mass is 19.3. The quantitative estimate of drug-likeness (QED) is 0.765. The highest BCUT2D eigenvalue weighted by molar-refractivity contribution is 5.96. The number of nitrogens with two attached hydrogens (primary N) is 1. The van der Waals surface area contributed by atoms with Gasteiger partial charge < -0.3 is 10.5 Å². The number of ketones is 1. The van der Waals surface area contributed by atoms with Gasteiger partial charge in [-0.15, -0.1) is 0 Å². The van der Waals surface area contributed by atoms with Crippen molar-refractivity contribution in [1.29, 1.82) is 5.26 Å². The number of halogens is 3. The number of amidine groups is 1. The number of pyridine rings is 2. The zero-order valence-corrected chi connectivity index (χ0v) is 15.3. The highest BCUT2D eigenvalue weighted by Gasteiger charge is 2.47. The molecule has 2 N–H and O–H groups in total. The van der Waals surface area contributed by atoms with Crippen LogP contribution < -0.4 is 5.73 Å². The number of nitriles is 1. The Labute approximate surface area is 164 Å². The smallest absolute Gasteiger partial charge is 0.271 e. The molecule has 0 amide bonds. The van der Waals surface area contributed by atoms with Gasteiger partial charge in [0.25, 0.3) is 6.43 Å². The summed E-state index contributed by atoms with van der Waals surface area (Å²) in [5.41, 5.74) is 3.48. The van der Waals surface area contributed by atoms with Gasteiger partial charge in [0.05, 0.1) is 18.6 Å². The van der Waals surface area contributed by atoms with Crippen LogP contribution in [0.25, 0.3) is 0 Å². The second-order valence-corrected chi connectivity index (χ2v) is 6.56. The normalized spacial score (nSPS) is 19.0. The molecule has 150 valence electrons. The lowest BCUT2D eigenvalue weighted by Crippen LogP contribution is -2.46. The van der Waals surface area contributed by atoms with Gasteiger partial charge in [-0.2, -0.15) is 5.26 Å². The molecule has 3 heterocycles. The predicted octanol–water partition coefficient (Wildman–Crippen LogP) is 2.07. The van der Waals surface area contributed by atoms with E-state index >= 15 is 0 Å². The number of Topliss-reactive ketones (excluding diaryl/α,β-unsaturated/α-hetero) is 1. The number of ether oxygens (including phenoxy) is 1. The van der Waals surface area contributed by atoms with Crippen LogP contribution in [-0.2, 0) is 16.7 Å². The van der Waals surface area contributed by atoms with Crippen LogP contribution in [0.5, 0.6) is 0 Å². The molecule has 0 spiro atoms. The molecule has 0 bridgehead atoms. The average molecular weight is 403 g/mol. The Kier molecular flexibility index (Phi) is 5.61. The van der Waals surface area contributed by atoms with E-state index in [9.17, 15) is 18.0 Å². The van der Waals surface area contributed by atoms with E-state index in [-0.39, 0.29) is 30.3 Å². The van der Waals surface area contributed by atoms with Crippen LogP contribution >= 0.6 is 0 Å². The van der Waals surface area contributed by atoms with E-state index in [2.05, 4.69) is 15.0 Å². The van der Waals surface area contributed by atoms with Crippen molar-refractivity contribution < 1.29 is 22.7 Å². The van der Waals surface area contributed by atoms with E-state index in [0.717, 1.165) is 6.07 Å². The van der Waals surface area contributed by atoms with Crippen molar-refractivity contribution in [2.45, 2.75) is 25.3 Å². The molecule has 0 saturated heterocycles. The van der Waals surface area contributed by atoms with Crippen LogP contribution in [0.2, 0.25) is 0 Å². The van der Waals surface area contributed by atoms with Crippen molar-refractivity contribution in [2.24, 2.45) is 10.7 Å². The predicted molar refractivity (Wildman–Crippen MR) is 96.0 cm³/mol.